The highest BCUT2D eigenvalue weighted by Crippen LogP contribution is 2.05. The van der Waals surface area contributed by atoms with Crippen molar-refractivity contribution in [2.24, 2.45) is 11.7 Å². The van der Waals surface area contributed by atoms with Crippen molar-refractivity contribution < 1.29 is 14.7 Å². The Morgan fingerprint density at radius 3 is 2.19 bits per heavy atom. The number of carbonyl (C=O) groups excluding carboxylic acids is 1. The van der Waals surface area contributed by atoms with Crippen molar-refractivity contribution in [2.75, 3.05) is 39.3 Å². The van der Waals surface area contributed by atoms with Crippen LogP contribution in [0.5, 0.6) is 0 Å². The molecule has 1 unspecified atom stereocenters. The molecule has 0 aliphatic carbocycles. The minimum Gasteiger partial charge on any atom is -0.480 e. The lowest BCUT2D eigenvalue weighted by Crippen LogP contribution is -2.49. The Hall–Kier alpha value is -1.14. The summed E-state index contributed by atoms with van der Waals surface area (Å²) in [6.07, 6.45) is 0. The number of primary amides is 1. The Morgan fingerprint density at radius 1 is 1.25 bits per heavy atom. The molecule has 1 amide bonds. The number of nitrogens with two attached hydrogens (primary N) is 1. The second kappa shape index (κ2) is 5.81. The fourth-order valence-corrected chi connectivity index (χ4v) is 1.80. The Bertz CT molecular complexity index is 262. The third-order valence-corrected chi connectivity index (χ3v) is 2.84. The number of carbonyl (C=O) groups is 2. The molecular formula is C10H19N3O3. The third kappa shape index (κ3) is 4.16. The highest BCUT2D eigenvalue weighted by Gasteiger charge is 2.21. The van der Waals surface area contributed by atoms with E-state index in [1.165, 1.54) is 0 Å². The van der Waals surface area contributed by atoms with Gasteiger partial charge in [0.1, 0.15) is 0 Å². The largest absolute Gasteiger partial charge is 0.480 e. The maximum Gasteiger partial charge on any atom is 0.317 e. The van der Waals surface area contributed by atoms with Gasteiger partial charge < -0.3 is 15.7 Å². The van der Waals surface area contributed by atoms with Gasteiger partial charge in [-0.1, -0.05) is 6.92 Å². The standard InChI is InChI=1S/C10H19N3O3/c1-8(10(11)16)6-12-2-4-13(5-3-12)7-9(14)15/h8H,2-7H2,1H3,(H2,11,16)(H,14,15). The van der Waals surface area contributed by atoms with Gasteiger partial charge in [-0.25, -0.2) is 0 Å². The first-order valence-corrected chi connectivity index (χ1v) is 5.45. The molecule has 1 rings (SSSR count). The minimum atomic E-state index is -0.793. The van der Waals surface area contributed by atoms with Gasteiger partial charge in [0.15, 0.2) is 0 Å². The maximum absolute atomic E-state index is 10.9. The fraction of sp³-hybridized carbons (Fsp3) is 0.800. The van der Waals surface area contributed by atoms with E-state index in [4.69, 9.17) is 10.8 Å². The summed E-state index contributed by atoms with van der Waals surface area (Å²) in [5.41, 5.74) is 5.19. The van der Waals surface area contributed by atoms with Crippen LogP contribution in [-0.4, -0.2) is 66.1 Å². The van der Waals surface area contributed by atoms with Crippen molar-refractivity contribution in [1.82, 2.24) is 9.80 Å². The number of hydrogen-bond donors (Lipinski definition) is 2. The first-order valence-electron chi connectivity index (χ1n) is 5.45. The summed E-state index contributed by atoms with van der Waals surface area (Å²) >= 11 is 0. The molecule has 1 atom stereocenters. The number of piperazine rings is 1. The molecule has 0 radical (unpaired) electrons. The molecule has 3 N–H and O–H groups in total. The van der Waals surface area contributed by atoms with Gasteiger partial charge in [0.2, 0.25) is 5.91 Å². The molecule has 0 aromatic carbocycles. The van der Waals surface area contributed by atoms with Crippen LogP contribution < -0.4 is 5.73 Å². The van der Waals surface area contributed by atoms with Crippen LogP contribution in [0.25, 0.3) is 0 Å². The molecule has 0 aromatic heterocycles. The summed E-state index contributed by atoms with van der Waals surface area (Å²) in [4.78, 5) is 25.4. The molecule has 0 spiro atoms. The van der Waals surface area contributed by atoms with Gasteiger partial charge in [-0.3, -0.25) is 14.5 Å². The zero-order valence-electron chi connectivity index (χ0n) is 9.56. The van der Waals surface area contributed by atoms with E-state index < -0.39 is 5.97 Å². The van der Waals surface area contributed by atoms with E-state index in [1.807, 2.05) is 11.8 Å². The lowest BCUT2D eigenvalue weighted by molar-refractivity contribution is -0.138. The second-order valence-corrected chi connectivity index (χ2v) is 4.27. The molecule has 16 heavy (non-hydrogen) atoms. The van der Waals surface area contributed by atoms with Crippen LogP contribution in [-0.2, 0) is 9.59 Å². The number of hydrogen-bond acceptors (Lipinski definition) is 4. The van der Waals surface area contributed by atoms with Crippen molar-refractivity contribution in [3.8, 4) is 0 Å². The quantitative estimate of drug-likeness (QED) is 0.619. The van der Waals surface area contributed by atoms with Gasteiger partial charge in [0.05, 0.1) is 6.54 Å². The van der Waals surface area contributed by atoms with Gasteiger partial charge in [-0.2, -0.15) is 0 Å². The number of carboxylic acid groups (broad SMARTS) is 1. The molecule has 0 saturated carbocycles. The lowest BCUT2D eigenvalue weighted by Gasteiger charge is -2.34. The predicted octanol–water partition coefficient (Wildman–Crippen LogP) is -1.19. The van der Waals surface area contributed by atoms with E-state index in [0.717, 1.165) is 26.2 Å². The van der Waals surface area contributed by atoms with Crippen LogP contribution in [0.4, 0.5) is 0 Å². The molecule has 0 aromatic rings. The topological polar surface area (TPSA) is 86.9 Å². The van der Waals surface area contributed by atoms with Gasteiger partial charge in [-0.05, 0) is 0 Å². The Morgan fingerprint density at radius 2 is 1.75 bits per heavy atom. The average molecular weight is 229 g/mol. The number of nitrogens with zero attached hydrogens (tertiary/aromatic N) is 2. The van der Waals surface area contributed by atoms with Crippen LogP contribution in [0.15, 0.2) is 0 Å². The van der Waals surface area contributed by atoms with Crippen molar-refractivity contribution in [1.29, 1.82) is 0 Å². The summed E-state index contributed by atoms with van der Waals surface area (Å²) in [5.74, 6) is -1.22. The van der Waals surface area contributed by atoms with Crippen LogP contribution in [0, 0.1) is 5.92 Å². The molecule has 1 saturated heterocycles. The molecule has 6 heteroatoms. The van der Waals surface area contributed by atoms with Crippen LogP contribution in [0.3, 0.4) is 0 Å². The molecule has 1 fully saturated rings. The Labute approximate surface area is 95.0 Å². The van der Waals surface area contributed by atoms with Gasteiger partial charge in [0.25, 0.3) is 0 Å². The molecule has 92 valence electrons. The molecule has 1 aliphatic rings. The Kier molecular flexibility index (Phi) is 4.70. The normalized spacial score (nSPS) is 20.6. The first-order chi connectivity index (χ1) is 7.49. The zero-order valence-corrected chi connectivity index (χ0v) is 9.56. The maximum atomic E-state index is 10.9. The number of rotatable bonds is 5. The summed E-state index contributed by atoms with van der Waals surface area (Å²) in [6.45, 7) is 5.63. The molecular weight excluding hydrogens is 210 g/mol. The van der Waals surface area contributed by atoms with Crippen molar-refractivity contribution in [3.05, 3.63) is 0 Å². The van der Waals surface area contributed by atoms with Crippen LogP contribution in [0.2, 0.25) is 0 Å². The van der Waals surface area contributed by atoms with Gasteiger partial charge >= 0.3 is 5.97 Å². The van der Waals surface area contributed by atoms with E-state index in [9.17, 15) is 9.59 Å². The van der Waals surface area contributed by atoms with Gasteiger partial charge in [0, 0.05) is 38.6 Å². The van der Waals surface area contributed by atoms with E-state index in [2.05, 4.69) is 4.90 Å². The zero-order chi connectivity index (χ0) is 12.1. The van der Waals surface area contributed by atoms with E-state index >= 15 is 0 Å². The highest BCUT2D eigenvalue weighted by atomic mass is 16.4. The number of carboxylic acids is 1. The first kappa shape index (κ1) is 12.9. The Balaban J connectivity index is 2.26. The number of aliphatic carboxylic acids is 1. The summed E-state index contributed by atoms with van der Waals surface area (Å²) in [7, 11) is 0. The highest BCUT2D eigenvalue weighted by molar-refractivity contribution is 5.76. The smallest absolute Gasteiger partial charge is 0.317 e. The molecule has 6 nitrogen and oxygen atoms in total. The van der Waals surface area contributed by atoms with Crippen molar-refractivity contribution in [3.63, 3.8) is 0 Å². The summed E-state index contributed by atoms with van der Waals surface area (Å²) in [6, 6.07) is 0. The van der Waals surface area contributed by atoms with Gasteiger partial charge in [-0.15, -0.1) is 0 Å². The summed E-state index contributed by atoms with van der Waals surface area (Å²) in [5, 5.41) is 8.63. The van der Waals surface area contributed by atoms with E-state index in [0.29, 0.717) is 6.54 Å². The van der Waals surface area contributed by atoms with E-state index in [1.54, 1.807) is 0 Å². The lowest BCUT2D eigenvalue weighted by atomic mass is 10.1. The predicted molar refractivity (Wildman–Crippen MR) is 58.9 cm³/mol. The molecule has 0 bridgehead atoms. The number of amides is 1. The summed E-state index contributed by atoms with van der Waals surface area (Å²) < 4.78 is 0. The monoisotopic (exact) mass is 229 g/mol. The molecule has 1 heterocycles. The second-order valence-electron chi connectivity index (χ2n) is 4.27. The van der Waals surface area contributed by atoms with Crippen LogP contribution in [0.1, 0.15) is 6.92 Å². The van der Waals surface area contributed by atoms with E-state index in [-0.39, 0.29) is 18.4 Å². The molecule has 1 aliphatic heterocycles. The van der Waals surface area contributed by atoms with Crippen LogP contribution >= 0.6 is 0 Å². The van der Waals surface area contributed by atoms with Crippen molar-refractivity contribution >= 4 is 11.9 Å². The minimum absolute atomic E-state index is 0.0964. The fourth-order valence-electron chi connectivity index (χ4n) is 1.80. The SMILES string of the molecule is CC(CN1CCN(CC(=O)O)CC1)C(N)=O. The average Bonchev–Trinajstić information content (AvgIpc) is 2.20. The van der Waals surface area contributed by atoms with Crippen molar-refractivity contribution in [2.45, 2.75) is 6.92 Å². The third-order valence-electron chi connectivity index (χ3n) is 2.84.